The van der Waals surface area contributed by atoms with E-state index in [1.165, 1.54) is 32.1 Å². The van der Waals surface area contributed by atoms with E-state index in [0.717, 1.165) is 19.3 Å². The second-order valence-corrected chi connectivity index (χ2v) is 5.87. The molecule has 1 unspecified atom stereocenters. The first-order valence-corrected chi connectivity index (χ1v) is 8.91. The fourth-order valence-electron chi connectivity index (χ4n) is 2.62. The van der Waals surface area contributed by atoms with Gasteiger partial charge in [0.2, 0.25) is 0 Å². The summed E-state index contributed by atoms with van der Waals surface area (Å²) in [5.74, 6) is -1.71. The van der Waals surface area contributed by atoms with Gasteiger partial charge in [-0.25, -0.2) is 0 Å². The van der Waals surface area contributed by atoms with Crippen LogP contribution < -0.4 is 0 Å². The molecule has 1 atom stereocenters. The summed E-state index contributed by atoms with van der Waals surface area (Å²) >= 11 is 0. The highest BCUT2D eigenvalue weighted by Gasteiger charge is 2.34. The van der Waals surface area contributed by atoms with Gasteiger partial charge in [-0.3, -0.25) is 9.59 Å². The van der Waals surface area contributed by atoms with Gasteiger partial charge in [-0.2, -0.15) is 0 Å². The molecule has 0 aliphatic heterocycles. The van der Waals surface area contributed by atoms with E-state index in [1.54, 1.807) is 13.8 Å². The van der Waals surface area contributed by atoms with Crippen LogP contribution in [0.2, 0.25) is 0 Å². The zero-order valence-corrected chi connectivity index (χ0v) is 14.9. The Morgan fingerprint density at radius 1 is 0.773 bits per heavy atom. The van der Waals surface area contributed by atoms with Crippen molar-refractivity contribution in [1.82, 2.24) is 0 Å². The lowest BCUT2D eigenvalue weighted by Crippen LogP contribution is -2.33. The van der Waals surface area contributed by atoms with Crippen LogP contribution in [0, 0.1) is 11.8 Å². The Kier molecular flexibility index (Phi) is 12.9. The lowest BCUT2D eigenvalue weighted by atomic mass is 9.89. The van der Waals surface area contributed by atoms with E-state index in [-0.39, 0.29) is 5.92 Å². The SMILES string of the molecule is CCCCCCCCCC(C)C(C(=O)OCC)C(=O)OCC. The first-order valence-electron chi connectivity index (χ1n) is 8.91. The molecule has 0 aliphatic carbocycles. The number of carbonyl (C=O) groups is 2. The third-order valence-corrected chi connectivity index (χ3v) is 3.91. The minimum atomic E-state index is -0.778. The molecule has 0 fully saturated rings. The molecule has 130 valence electrons. The molecule has 0 aliphatic rings. The highest BCUT2D eigenvalue weighted by atomic mass is 16.6. The minimum absolute atomic E-state index is 0.0336. The van der Waals surface area contributed by atoms with Gasteiger partial charge in [0.05, 0.1) is 13.2 Å². The van der Waals surface area contributed by atoms with Gasteiger partial charge in [-0.05, 0) is 26.2 Å². The molecule has 0 rings (SSSR count). The Morgan fingerprint density at radius 3 is 1.68 bits per heavy atom. The molecule has 0 heterocycles. The van der Waals surface area contributed by atoms with Gasteiger partial charge in [-0.15, -0.1) is 0 Å². The van der Waals surface area contributed by atoms with Gasteiger partial charge in [0, 0.05) is 0 Å². The molecule has 0 aromatic carbocycles. The molecule has 0 spiro atoms. The van der Waals surface area contributed by atoms with E-state index in [1.807, 2.05) is 6.92 Å². The molecule has 4 nitrogen and oxygen atoms in total. The van der Waals surface area contributed by atoms with E-state index in [9.17, 15) is 9.59 Å². The molecule has 0 N–H and O–H groups in total. The van der Waals surface area contributed by atoms with Crippen LogP contribution in [0.15, 0.2) is 0 Å². The summed E-state index contributed by atoms with van der Waals surface area (Å²) in [5, 5.41) is 0. The topological polar surface area (TPSA) is 52.6 Å². The maximum atomic E-state index is 12.0. The smallest absolute Gasteiger partial charge is 0.320 e. The molecular formula is C18H34O4. The Balaban J connectivity index is 4.19. The second-order valence-electron chi connectivity index (χ2n) is 5.87. The molecule has 4 heteroatoms. The normalized spacial score (nSPS) is 12.2. The third-order valence-electron chi connectivity index (χ3n) is 3.91. The first kappa shape index (κ1) is 20.9. The van der Waals surface area contributed by atoms with Crippen LogP contribution in [0.3, 0.4) is 0 Å². The predicted octanol–water partition coefficient (Wildman–Crippen LogP) is 4.51. The average molecular weight is 314 g/mol. The van der Waals surface area contributed by atoms with Gasteiger partial charge >= 0.3 is 11.9 Å². The average Bonchev–Trinajstić information content (AvgIpc) is 2.47. The van der Waals surface area contributed by atoms with Crippen molar-refractivity contribution in [2.75, 3.05) is 13.2 Å². The molecule has 0 saturated carbocycles. The highest BCUT2D eigenvalue weighted by Crippen LogP contribution is 2.22. The molecule has 0 saturated heterocycles. The van der Waals surface area contributed by atoms with Crippen molar-refractivity contribution < 1.29 is 19.1 Å². The first-order chi connectivity index (χ1) is 10.6. The predicted molar refractivity (Wildman–Crippen MR) is 88.5 cm³/mol. The van der Waals surface area contributed by atoms with Crippen LogP contribution in [0.1, 0.15) is 79.1 Å². The summed E-state index contributed by atoms with van der Waals surface area (Å²) in [6.45, 7) is 8.24. The Bertz CT molecular complexity index is 283. The van der Waals surface area contributed by atoms with E-state index < -0.39 is 17.9 Å². The number of ether oxygens (including phenoxy) is 2. The monoisotopic (exact) mass is 314 g/mol. The summed E-state index contributed by atoms with van der Waals surface area (Å²) < 4.78 is 10.0. The maximum Gasteiger partial charge on any atom is 0.320 e. The Labute approximate surface area is 135 Å². The van der Waals surface area contributed by atoms with Crippen LogP contribution in [-0.4, -0.2) is 25.2 Å². The summed E-state index contributed by atoms with van der Waals surface area (Å²) in [7, 11) is 0. The standard InChI is InChI=1S/C18H34O4/c1-5-8-9-10-11-12-13-14-15(4)16(17(19)21-6-2)18(20)22-7-3/h15-16H,5-14H2,1-4H3. The van der Waals surface area contributed by atoms with Crippen molar-refractivity contribution >= 4 is 11.9 Å². The number of unbranched alkanes of at least 4 members (excludes halogenated alkanes) is 6. The molecule has 22 heavy (non-hydrogen) atoms. The summed E-state index contributed by atoms with van der Waals surface area (Å²) in [4.78, 5) is 24.0. The van der Waals surface area contributed by atoms with Gasteiger partial charge in [0.15, 0.2) is 5.92 Å². The van der Waals surface area contributed by atoms with Crippen molar-refractivity contribution in [2.24, 2.45) is 11.8 Å². The summed E-state index contributed by atoms with van der Waals surface area (Å²) in [6.07, 6.45) is 9.45. The highest BCUT2D eigenvalue weighted by molar-refractivity contribution is 5.95. The van der Waals surface area contributed by atoms with Crippen LogP contribution >= 0.6 is 0 Å². The van der Waals surface area contributed by atoms with Gasteiger partial charge in [0.25, 0.3) is 0 Å². The zero-order valence-electron chi connectivity index (χ0n) is 14.9. The van der Waals surface area contributed by atoms with Crippen LogP contribution in [-0.2, 0) is 19.1 Å². The van der Waals surface area contributed by atoms with Gasteiger partial charge < -0.3 is 9.47 Å². The molecule has 0 bridgehead atoms. The van der Waals surface area contributed by atoms with Crippen molar-refractivity contribution in [2.45, 2.75) is 79.1 Å². The van der Waals surface area contributed by atoms with Crippen molar-refractivity contribution in [3.8, 4) is 0 Å². The molecule has 0 aromatic rings. The third kappa shape index (κ3) is 9.06. The molecule has 0 amide bonds. The number of esters is 2. The van der Waals surface area contributed by atoms with Crippen LogP contribution in [0.5, 0.6) is 0 Å². The number of carbonyl (C=O) groups excluding carboxylic acids is 2. The van der Waals surface area contributed by atoms with Gasteiger partial charge in [-0.1, -0.05) is 58.8 Å². The second kappa shape index (κ2) is 13.6. The number of hydrogen-bond donors (Lipinski definition) is 0. The zero-order chi connectivity index (χ0) is 16.8. The summed E-state index contributed by atoms with van der Waals surface area (Å²) in [6, 6.07) is 0. The molecule has 0 aromatic heterocycles. The lowest BCUT2D eigenvalue weighted by molar-refractivity contribution is -0.164. The van der Waals surface area contributed by atoms with Crippen molar-refractivity contribution in [3.63, 3.8) is 0 Å². The fraction of sp³-hybridized carbons (Fsp3) is 0.889. The van der Waals surface area contributed by atoms with Crippen molar-refractivity contribution in [3.05, 3.63) is 0 Å². The van der Waals surface area contributed by atoms with E-state index in [4.69, 9.17) is 9.47 Å². The summed E-state index contributed by atoms with van der Waals surface area (Å²) in [5.41, 5.74) is 0. The minimum Gasteiger partial charge on any atom is -0.465 e. The van der Waals surface area contributed by atoms with E-state index in [2.05, 4.69) is 6.92 Å². The number of hydrogen-bond acceptors (Lipinski definition) is 4. The van der Waals surface area contributed by atoms with E-state index >= 15 is 0 Å². The van der Waals surface area contributed by atoms with E-state index in [0.29, 0.717) is 13.2 Å². The maximum absolute atomic E-state index is 12.0. The lowest BCUT2D eigenvalue weighted by Gasteiger charge is -2.20. The van der Waals surface area contributed by atoms with Gasteiger partial charge in [0.1, 0.15) is 0 Å². The molecular weight excluding hydrogens is 280 g/mol. The Morgan fingerprint density at radius 2 is 1.23 bits per heavy atom. The van der Waals surface area contributed by atoms with Crippen LogP contribution in [0.25, 0.3) is 0 Å². The number of rotatable bonds is 13. The molecule has 0 radical (unpaired) electrons. The van der Waals surface area contributed by atoms with Crippen LogP contribution in [0.4, 0.5) is 0 Å². The Hall–Kier alpha value is -1.06. The largest absolute Gasteiger partial charge is 0.465 e. The fourth-order valence-corrected chi connectivity index (χ4v) is 2.62. The quantitative estimate of drug-likeness (QED) is 0.285. The van der Waals surface area contributed by atoms with Crippen molar-refractivity contribution in [1.29, 1.82) is 0 Å².